The van der Waals surface area contributed by atoms with Crippen LogP contribution in [0, 0.1) is 17.8 Å². The van der Waals surface area contributed by atoms with Crippen molar-refractivity contribution in [1.29, 1.82) is 0 Å². The number of rotatable bonds is 3. The maximum atomic E-state index is 12.2. The van der Waals surface area contributed by atoms with Crippen LogP contribution in [-0.4, -0.2) is 23.6 Å². The highest BCUT2D eigenvalue weighted by molar-refractivity contribution is 5.71. The van der Waals surface area contributed by atoms with Gasteiger partial charge in [0, 0.05) is 24.7 Å². The summed E-state index contributed by atoms with van der Waals surface area (Å²) in [7, 11) is 0. The molecule has 2 bridgehead atoms. The molecule has 0 unspecified atom stereocenters. The molecule has 0 aromatic heterocycles. The molecule has 0 radical (unpaired) electrons. The topological polar surface area (TPSA) is 54.0 Å². The van der Waals surface area contributed by atoms with Gasteiger partial charge in [-0.05, 0) is 37.2 Å². The summed E-state index contributed by atoms with van der Waals surface area (Å²) in [5.41, 5.74) is 0.612. The molecule has 1 saturated carbocycles. The molecule has 1 aliphatic carbocycles. The first kappa shape index (κ1) is 16.7. The van der Waals surface area contributed by atoms with Crippen LogP contribution >= 0.6 is 0 Å². The van der Waals surface area contributed by atoms with Crippen LogP contribution in [0.1, 0.15) is 51.0 Å². The number of carbonyl (C=O) groups excluding carboxylic acids is 1. The van der Waals surface area contributed by atoms with Crippen LogP contribution in [0.3, 0.4) is 0 Å². The number of aryl methyl sites for hydroxylation is 1. The van der Waals surface area contributed by atoms with Crippen molar-refractivity contribution >= 4 is 5.97 Å². The summed E-state index contributed by atoms with van der Waals surface area (Å²) in [4.78, 5) is 24.3. The highest BCUT2D eigenvalue weighted by Gasteiger charge is 2.69. The van der Waals surface area contributed by atoms with E-state index in [0.717, 1.165) is 32.1 Å². The molecule has 6 atom stereocenters. The molecule has 4 heterocycles. The van der Waals surface area contributed by atoms with Gasteiger partial charge >= 0.3 is 5.97 Å². The SMILES string of the molecule is C[C@@H]1CC[C@H]2CC(=O)O[C@@H]3O[C@@]4(CCc5ccccc5)CC[C@@H]1[C@@]23OO4. The van der Waals surface area contributed by atoms with Crippen molar-refractivity contribution in [3.63, 3.8) is 0 Å². The third-order valence-electron chi connectivity index (χ3n) is 7.03. The van der Waals surface area contributed by atoms with Crippen LogP contribution in [0.15, 0.2) is 30.3 Å². The second-order valence-electron chi connectivity index (χ2n) is 8.46. The summed E-state index contributed by atoms with van der Waals surface area (Å²) in [5, 5.41) is 0. The van der Waals surface area contributed by atoms with Crippen LogP contribution in [0.25, 0.3) is 0 Å². The van der Waals surface area contributed by atoms with Crippen LogP contribution in [0.4, 0.5) is 0 Å². The highest BCUT2D eigenvalue weighted by atomic mass is 17.3. The quantitative estimate of drug-likeness (QED) is 0.608. The predicted octanol–water partition coefficient (Wildman–Crippen LogP) is 3.76. The van der Waals surface area contributed by atoms with Crippen LogP contribution in [0.5, 0.6) is 0 Å². The standard InChI is InChI=1S/C21H26O5/c1-14-7-8-16-13-18(22)23-19-21(16)17(14)10-12-20(24-19,25-26-21)11-9-15-5-3-2-4-6-15/h2-6,14,16-17,19H,7-13H2,1H3/t14-,16+,17+,19-,20-,21+/m1/s1. The number of hydrogen-bond acceptors (Lipinski definition) is 5. The molecule has 26 heavy (non-hydrogen) atoms. The van der Waals surface area contributed by atoms with E-state index in [4.69, 9.17) is 19.2 Å². The van der Waals surface area contributed by atoms with E-state index < -0.39 is 17.7 Å². The number of ether oxygens (including phenoxy) is 2. The van der Waals surface area contributed by atoms with Crippen molar-refractivity contribution in [1.82, 2.24) is 0 Å². The molecule has 1 aromatic rings. The fourth-order valence-electron chi connectivity index (χ4n) is 5.57. The van der Waals surface area contributed by atoms with Gasteiger partial charge < -0.3 is 9.47 Å². The summed E-state index contributed by atoms with van der Waals surface area (Å²) in [6.45, 7) is 2.28. The van der Waals surface area contributed by atoms with Crippen molar-refractivity contribution in [2.24, 2.45) is 17.8 Å². The lowest BCUT2D eigenvalue weighted by molar-refractivity contribution is -0.561. The van der Waals surface area contributed by atoms with E-state index in [2.05, 4.69) is 19.1 Å². The lowest BCUT2D eigenvalue weighted by Gasteiger charge is -2.56. The van der Waals surface area contributed by atoms with E-state index in [-0.39, 0.29) is 11.9 Å². The fraction of sp³-hybridized carbons (Fsp3) is 0.667. The van der Waals surface area contributed by atoms with E-state index in [9.17, 15) is 4.79 Å². The first-order valence-electron chi connectivity index (χ1n) is 9.89. The molecule has 0 amide bonds. The van der Waals surface area contributed by atoms with Gasteiger partial charge in [0.1, 0.15) is 0 Å². The molecule has 140 valence electrons. The zero-order valence-corrected chi connectivity index (χ0v) is 15.2. The van der Waals surface area contributed by atoms with Crippen LogP contribution in [-0.2, 0) is 30.5 Å². The molecule has 1 spiro atoms. The third-order valence-corrected chi connectivity index (χ3v) is 7.03. The second-order valence-corrected chi connectivity index (χ2v) is 8.46. The maximum absolute atomic E-state index is 12.2. The van der Waals surface area contributed by atoms with E-state index in [0.29, 0.717) is 24.7 Å². The molecule has 4 aliphatic heterocycles. The van der Waals surface area contributed by atoms with Gasteiger partial charge in [-0.15, -0.1) is 0 Å². The van der Waals surface area contributed by atoms with Gasteiger partial charge in [-0.1, -0.05) is 37.3 Å². The minimum atomic E-state index is -0.828. The van der Waals surface area contributed by atoms with E-state index in [1.165, 1.54) is 5.56 Å². The summed E-state index contributed by atoms with van der Waals surface area (Å²) < 4.78 is 12.1. The average Bonchev–Trinajstić information content (AvgIpc) is 2.90. The zero-order chi connectivity index (χ0) is 17.8. The molecule has 5 heteroatoms. The number of carbonyl (C=O) groups is 1. The third kappa shape index (κ3) is 2.44. The van der Waals surface area contributed by atoms with Crippen LogP contribution < -0.4 is 0 Å². The minimum absolute atomic E-state index is 0.125. The minimum Gasteiger partial charge on any atom is -0.432 e. The summed E-state index contributed by atoms with van der Waals surface area (Å²) in [5.74, 6) is -0.0555. The van der Waals surface area contributed by atoms with Crippen molar-refractivity contribution in [2.45, 2.75) is 69.5 Å². The Morgan fingerprint density at radius 2 is 1.96 bits per heavy atom. The normalized spacial score (nSPS) is 44.1. The number of fused-ring (bicyclic) bond motifs is 2. The Hall–Kier alpha value is -1.43. The summed E-state index contributed by atoms with van der Waals surface area (Å²) >= 11 is 0. The smallest absolute Gasteiger partial charge is 0.308 e. The Labute approximate surface area is 153 Å². The van der Waals surface area contributed by atoms with Crippen molar-refractivity contribution in [3.05, 3.63) is 35.9 Å². The number of benzene rings is 1. The molecule has 5 nitrogen and oxygen atoms in total. The van der Waals surface area contributed by atoms with E-state index >= 15 is 0 Å². The molecule has 0 N–H and O–H groups in total. The maximum Gasteiger partial charge on any atom is 0.308 e. The van der Waals surface area contributed by atoms with E-state index in [1.54, 1.807) is 0 Å². The molecule has 6 rings (SSSR count). The Balaban J connectivity index is 1.44. The molecular formula is C21H26O5. The Kier molecular flexibility index (Phi) is 3.89. The van der Waals surface area contributed by atoms with Crippen molar-refractivity contribution in [2.75, 3.05) is 0 Å². The van der Waals surface area contributed by atoms with Gasteiger partial charge in [0.2, 0.25) is 12.1 Å². The van der Waals surface area contributed by atoms with Gasteiger partial charge in [0.15, 0.2) is 5.60 Å². The van der Waals surface area contributed by atoms with Gasteiger partial charge in [0.25, 0.3) is 0 Å². The second kappa shape index (κ2) is 6.04. The zero-order valence-electron chi connectivity index (χ0n) is 15.2. The summed E-state index contributed by atoms with van der Waals surface area (Å²) in [6.07, 6.45) is 5.13. The van der Waals surface area contributed by atoms with Crippen molar-refractivity contribution in [3.8, 4) is 0 Å². The lowest BCUT2D eigenvalue weighted by Crippen LogP contribution is -2.68. The van der Waals surface area contributed by atoms with Gasteiger partial charge in [-0.2, -0.15) is 0 Å². The lowest BCUT2D eigenvalue weighted by atomic mass is 9.60. The van der Waals surface area contributed by atoms with Gasteiger partial charge in [-0.3, -0.25) is 4.79 Å². The molecule has 5 fully saturated rings. The Morgan fingerprint density at radius 3 is 2.81 bits per heavy atom. The average molecular weight is 358 g/mol. The van der Waals surface area contributed by atoms with Crippen LogP contribution in [0.2, 0.25) is 0 Å². The van der Waals surface area contributed by atoms with Gasteiger partial charge in [0.05, 0.1) is 6.42 Å². The Bertz CT molecular complexity index is 687. The predicted molar refractivity (Wildman–Crippen MR) is 92.6 cm³/mol. The summed E-state index contributed by atoms with van der Waals surface area (Å²) in [6, 6.07) is 10.3. The monoisotopic (exact) mass is 358 g/mol. The van der Waals surface area contributed by atoms with Crippen molar-refractivity contribution < 1.29 is 24.0 Å². The molecular weight excluding hydrogens is 332 g/mol. The number of esters is 1. The Morgan fingerprint density at radius 1 is 1.12 bits per heavy atom. The fourth-order valence-corrected chi connectivity index (χ4v) is 5.57. The van der Waals surface area contributed by atoms with E-state index in [1.807, 2.05) is 18.2 Å². The number of hydrogen-bond donors (Lipinski definition) is 0. The first-order chi connectivity index (χ1) is 12.6. The molecule has 4 saturated heterocycles. The largest absolute Gasteiger partial charge is 0.432 e. The molecule has 1 aromatic carbocycles. The highest BCUT2D eigenvalue weighted by Crippen LogP contribution is 2.59. The van der Waals surface area contributed by atoms with Gasteiger partial charge in [-0.25, -0.2) is 9.78 Å². The first-order valence-corrected chi connectivity index (χ1v) is 9.89. The molecule has 5 aliphatic rings.